The first kappa shape index (κ1) is 13.9. The summed E-state index contributed by atoms with van der Waals surface area (Å²) < 4.78 is 29.4. The van der Waals surface area contributed by atoms with Gasteiger partial charge in [-0.15, -0.1) is 10.2 Å². The molecule has 7 nitrogen and oxygen atoms in total. The zero-order valence-corrected chi connectivity index (χ0v) is 12.3. The molecule has 0 saturated carbocycles. The van der Waals surface area contributed by atoms with Crippen molar-refractivity contribution in [2.45, 2.75) is 18.1 Å². The molecule has 1 aromatic heterocycles. The number of rotatable bonds is 6. The summed E-state index contributed by atoms with van der Waals surface area (Å²) in [6.45, 7) is 1.45. The van der Waals surface area contributed by atoms with Crippen molar-refractivity contribution in [1.29, 1.82) is 0 Å². The molecule has 0 bridgehead atoms. The van der Waals surface area contributed by atoms with E-state index in [0.717, 1.165) is 17.9 Å². The fourth-order valence-electron chi connectivity index (χ4n) is 2.01. The van der Waals surface area contributed by atoms with Crippen molar-refractivity contribution in [3.63, 3.8) is 0 Å². The number of ether oxygens (including phenoxy) is 3. The quantitative estimate of drug-likeness (QED) is 0.747. The van der Waals surface area contributed by atoms with Gasteiger partial charge < -0.3 is 18.8 Å². The van der Waals surface area contributed by atoms with Crippen molar-refractivity contribution in [1.82, 2.24) is 14.8 Å². The molecule has 2 aromatic rings. The maximum absolute atomic E-state index is 11.4. The van der Waals surface area contributed by atoms with E-state index in [1.807, 2.05) is 18.2 Å². The van der Waals surface area contributed by atoms with Crippen LogP contribution in [-0.2, 0) is 17.3 Å². The minimum Gasteiger partial charge on any atom is -0.493 e. The second kappa shape index (κ2) is 6.13. The van der Waals surface area contributed by atoms with Crippen LogP contribution in [0.2, 0.25) is 0 Å². The normalized spacial score (nSPS) is 14.1. The van der Waals surface area contributed by atoms with E-state index in [0.29, 0.717) is 24.1 Å². The predicted molar refractivity (Wildman–Crippen MR) is 75.0 cm³/mol. The largest absolute Gasteiger partial charge is 0.493 e. The van der Waals surface area contributed by atoms with Crippen molar-refractivity contribution in [3.05, 3.63) is 24.5 Å². The maximum Gasteiger partial charge on any atom is 0.231 e. The van der Waals surface area contributed by atoms with Gasteiger partial charge in [-0.25, -0.2) is 0 Å². The predicted octanol–water partition coefficient (Wildman–Crippen LogP) is 1.21. The number of benzene rings is 1. The third-order valence-electron chi connectivity index (χ3n) is 2.99. The lowest BCUT2D eigenvalue weighted by atomic mass is 10.3. The number of fused-ring (bicyclic) bond motifs is 1. The molecule has 0 spiro atoms. The molecule has 0 amide bonds. The molecule has 0 unspecified atom stereocenters. The van der Waals surface area contributed by atoms with Crippen LogP contribution in [-0.4, -0.2) is 38.6 Å². The number of hydrogen-bond acceptors (Lipinski definition) is 6. The van der Waals surface area contributed by atoms with Crippen LogP contribution in [0.15, 0.2) is 29.7 Å². The standard InChI is InChI=1S/C13H15N3O4S/c1-21(17)13-15-14-8-16(13)5-2-6-18-10-3-4-11-12(7-10)20-9-19-11/h3-4,7-8H,2,5-6,9H2,1H3/t21-/m0/s1. The number of aryl methyl sites for hydroxylation is 1. The Morgan fingerprint density at radius 1 is 1.38 bits per heavy atom. The Balaban J connectivity index is 1.50. The lowest BCUT2D eigenvalue weighted by molar-refractivity contribution is 0.173. The molecule has 1 atom stereocenters. The van der Waals surface area contributed by atoms with Crippen LogP contribution in [0.25, 0.3) is 0 Å². The van der Waals surface area contributed by atoms with Crippen LogP contribution >= 0.6 is 0 Å². The average Bonchev–Trinajstić information content (AvgIpc) is 3.11. The molecule has 0 N–H and O–H groups in total. The molecule has 1 aliphatic rings. The van der Waals surface area contributed by atoms with Gasteiger partial charge in [0, 0.05) is 18.9 Å². The Morgan fingerprint density at radius 3 is 3.10 bits per heavy atom. The summed E-state index contributed by atoms with van der Waals surface area (Å²) in [7, 11) is -1.13. The Kier molecular flexibility index (Phi) is 4.05. The number of nitrogens with zero attached hydrogens (tertiary/aromatic N) is 3. The average molecular weight is 309 g/mol. The Hall–Kier alpha value is -2.09. The van der Waals surface area contributed by atoms with E-state index in [9.17, 15) is 4.21 Å². The lowest BCUT2D eigenvalue weighted by Gasteiger charge is -2.08. The SMILES string of the molecule is C[S@](=O)c1nncn1CCCOc1ccc2c(c1)OCO2. The van der Waals surface area contributed by atoms with E-state index in [2.05, 4.69) is 10.2 Å². The molecular weight excluding hydrogens is 294 g/mol. The highest BCUT2D eigenvalue weighted by atomic mass is 32.2. The fourth-order valence-corrected chi connectivity index (χ4v) is 2.64. The Labute approximate surface area is 124 Å². The van der Waals surface area contributed by atoms with Gasteiger partial charge in [-0.1, -0.05) is 0 Å². The third kappa shape index (κ3) is 3.15. The maximum atomic E-state index is 11.4. The van der Waals surface area contributed by atoms with Crippen molar-refractivity contribution < 1.29 is 18.4 Å². The monoisotopic (exact) mass is 309 g/mol. The lowest BCUT2D eigenvalue weighted by Crippen LogP contribution is -2.07. The molecule has 112 valence electrons. The van der Waals surface area contributed by atoms with Crippen molar-refractivity contribution in [2.75, 3.05) is 19.7 Å². The first-order valence-electron chi connectivity index (χ1n) is 6.48. The van der Waals surface area contributed by atoms with Crippen molar-refractivity contribution in [3.8, 4) is 17.2 Å². The second-order valence-corrected chi connectivity index (χ2v) is 5.75. The minimum absolute atomic E-state index is 0.253. The molecule has 2 heterocycles. The van der Waals surface area contributed by atoms with Gasteiger partial charge in [-0.3, -0.25) is 4.21 Å². The minimum atomic E-state index is -1.13. The molecular formula is C13H15N3O4S. The highest BCUT2D eigenvalue weighted by molar-refractivity contribution is 7.84. The molecule has 8 heteroatoms. The van der Waals surface area contributed by atoms with E-state index in [1.54, 1.807) is 17.2 Å². The van der Waals surface area contributed by atoms with E-state index in [4.69, 9.17) is 14.2 Å². The second-order valence-electron chi connectivity index (χ2n) is 4.48. The van der Waals surface area contributed by atoms with Crippen LogP contribution in [0.5, 0.6) is 17.2 Å². The van der Waals surface area contributed by atoms with E-state index >= 15 is 0 Å². The van der Waals surface area contributed by atoms with Crippen molar-refractivity contribution in [2.24, 2.45) is 0 Å². The van der Waals surface area contributed by atoms with Gasteiger partial charge in [-0.05, 0) is 18.6 Å². The van der Waals surface area contributed by atoms with Gasteiger partial charge in [0.2, 0.25) is 11.9 Å². The summed E-state index contributed by atoms with van der Waals surface area (Å²) in [5.41, 5.74) is 0. The molecule has 0 saturated heterocycles. The smallest absolute Gasteiger partial charge is 0.231 e. The van der Waals surface area contributed by atoms with Gasteiger partial charge in [0.15, 0.2) is 11.5 Å². The molecule has 1 aromatic carbocycles. The summed E-state index contributed by atoms with van der Waals surface area (Å²) in [6.07, 6.45) is 3.93. The van der Waals surface area contributed by atoms with Crippen LogP contribution in [0.3, 0.4) is 0 Å². The molecule has 0 fully saturated rings. The summed E-state index contributed by atoms with van der Waals surface area (Å²) in [6, 6.07) is 5.49. The Morgan fingerprint density at radius 2 is 2.24 bits per heavy atom. The van der Waals surface area contributed by atoms with Gasteiger partial charge in [-0.2, -0.15) is 0 Å². The molecule has 21 heavy (non-hydrogen) atoms. The first-order valence-corrected chi connectivity index (χ1v) is 8.03. The molecule has 0 radical (unpaired) electrons. The zero-order chi connectivity index (χ0) is 14.7. The van der Waals surface area contributed by atoms with Crippen LogP contribution < -0.4 is 14.2 Å². The van der Waals surface area contributed by atoms with Gasteiger partial charge >= 0.3 is 0 Å². The van der Waals surface area contributed by atoms with Crippen LogP contribution in [0.4, 0.5) is 0 Å². The van der Waals surface area contributed by atoms with Gasteiger partial charge in [0.1, 0.15) is 12.1 Å². The first-order chi connectivity index (χ1) is 10.2. The van der Waals surface area contributed by atoms with Gasteiger partial charge in [0.05, 0.1) is 17.4 Å². The molecule has 3 rings (SSSR count). The number of hydrogen-bond donors (Lipinski definition) is 0. The number of aromatic nitrogens is 3. The van der Waals surface area contributed by atoms with Crippen LogP contribution in [0, 0.1) is 0 Å². The van der Waals surface area contributed by atoms with E-state index in [-0.39, 0.29) is 6.79 Å². The summed E-state index contributed by atoms with van der Waals surface area (Å²) >= 11 is 0. The van der Waals surface area contributed by atoms with Crippen molar-refractivity contribution >= 4 is 10.8 Å². The molecule has 1 aliphatic heterocycles. The van der Waals surface area contributed by atoms with E-state index in [1.165, 1.54) is 0 Å². The topological polar surface area (TPSA) is 75.5 Å². The Bertz CT molecular complexity index is 659. The van der Waals surface area contributed by atoms with Gasteiger partial charge in [0.25, 0.3) is 0 Å². The highest BCUT2D eigenvalue weighted by Crippen LogP contribution is 2.35. The summed E-state index contributed by atoms with van der Waals surface area (Å²) in [5, 5.41) is 8.09. The van der Waals surface area contributed by atoms with E-state index < -0.39 is 10.8 Å². The summed E-state index contributed by atoms with van der Waals surface area (Å²) in [5.74, 6) is 2.18. The molecule has 0 aliphatic carbocycles. The highest BCUT2D eigenvalue weighted by Gasteiger charge is 2.13. The fraction of sp³-hybridized carbons (Fsp3) is 0.385. The summed E-state index contributed by atoms with van der Waals surface area (Å²) in [4.78, 5) is 0. The third-order valence-corrected chi connectivity index (χ3v) is 3.82. The van der Waals surface area contributed by atoms with Crippen LogP contribution in [0.1, 0.15) is 6.42 Å². The zero-order valence-electron chi connectivity index (χ0n) is 11.5.